The number of carbonyl (C=O) groups is 1. The summed E-state index contributed by atoms with van der Waals surface area (Å²) in [6.45, 7) is 4.59. The summed E-state index contributed by atoms with van der Waals surface area (Å²) in [6.07, 6.45) is 7.94. The number of rotatable bonds is 5. The Bertz CT molecular complexity index is 292. The molecular formula is C15H27NO3. The van der Waals surface area contributed by atoms with Crippen LogP contribution in [0.3, 0.4) is 0 Å². The van der Waals surface area contributed by atoms with E-state index in [0.29, 0.717) is 19.1 Å². The van der Waals surface area contributed by atoms with Gasteiger partial charge in [0.25, 0.3) is 0 Å². The van der Waals surface area contributed by atoms with E-state index < -0.39 is 0 Å². The van der Waals surface area contributed by atoms with E-state index in [4.69, 9.17) is 9.47 Å². The number of hydrogen-bond donors (Lipinski definition) is 0. The molecule has 0 N–H and O–H groups in total. The molecule has 1 aliphatic carbocycles. The molecular weight excluding hydrogens is 242 g/mol. The highest BCUT2D eigenvalue weighted by molar-refractivity contribution is 5.71. The monoisotopic (exact) mass is 269 g/mol. The maximum absolute atomic E-state index is 11.9. The van der Waals surface area contributed by atoms with Gasteiger partial charge in [-0.3, -0.25) is 9.69 Å². The minimum absolute atomic E-state index is 0.0112. The summed E-state index contributed by atoms with van der Waals surface area (Å²) in [4.78, 5) is 14.4. The second-order valence-corrected chi connectivity index (χ2v) is 5.87. The smallest absolute Gasteiger partial charge is 0.307 e. The van der Waals surface area contributed by atoms with Gasteiger partial charge >= 0.3 is 5.97 Å². The van der Waals surface area contributed by atoms with E-state index in [1.807, 2.05) is 6.92 Å². The van der Waals surface area contributed by atoms with E-state index in [0.717, 1.165) is 25.9 Å². The summed E-state index contributed by atoms with van der Waals surface area (Å²) in [5, 5.41) is 0. The summed E-state index contributed by atoms with van der Waals surface area (Å²) < 4.78 is 10.6. The molecule has 1 heterocycles. The number of methoxy groups -OCH3 is 1. The van der Waals surface area contributed by atoms with Crippen LogP contribution >= 0.6 is 0 Å². The average Bonchev–Trinajstić information content (AvgIpc) is 2.62. The van der Waals surface area contributed by atoms with Gasteiger partial charge in [0.2, 0.25) is 0 Å². The minimum Gasteiger partial charge on any atom is -0.466 e. The number of esters is 1. The molecule has 19 heavy (non-hydrogen) atoms. The van der Waals surface area contributed by atoms with Gasteiger partial charge in [-0.2, -0.15) is 0 Å². The van der Waals surface area contributed by atoms with E-state index in [-0.39, 0.29) is 11.5 Å². The molecule has 4 heteroatoms. The molecule has 1 saturated heterocycles. The molecule has 0 amide bonds. The van der Waals surface area contributed by atoms with Crippen LogP contribution in [-0.2, 0) is 14.3 Å². The van der Waals surface area contributed by atoms with Crippen molar-refractivity contribution in [3.05, 3.63) is 0 Å². The molecule has 0 aromatic carbocycles. The lowest BCUT2D eigenvalue weighted by molar-refractivity contribution is -0.155. The zero-order valence-corrected chi connectivity index (χ0v) is 12.3. The van der Waals surface area contributed by atoms with E-state index in [1.54, 1.807) is 7.11 Å². The van der Waals surface area contributed by atoms with Crippen LogP contribution in [0.25, 0.3) is 0 Å². The van der Waals surface area contributed by atoms with Crippen LogP contribution in [0.15, 0.2) is 0 Å². The molecule has 0 spiro atoms. The summed E-state index contributed by atoms with van der Waals surface area (Å²) >= 11 is 0. The molecule has 0 aromatic heterocycles. The third-order valence-corrected chi connectivity index (χ3v) is 4.60. The fourth-order valence-corrected chi connectivity index (χ4v) is 3.49. The van der Waals surface area contributed by atoms with Crippen LogP contribution in [0.2, 0.25) is 0 Å². The highest BCUT2D eigenvalue weighted by atomic mass is 16.5. The van der Waals surface area contributed by atoms with E-state index in [1.165, 1.54) is 25.7 Å². The molecule has 0 radical (unpaired) electrons. The third-order valence-electron chi connectivity index (χ3n) is 4.60. The number of nitrogens with zero attached hydrogens (tertiary/aromatic N) is 1. The predicted octanol–water partition coefficient (Wildman–Crippen LogP) is 2.36. The molecule has 1 saturated carbocycles. The van der Waals surface area contributed by atoms with Crippen LogP contribution < -0.4 is 0 Å². The molecule has 4 nitrogen and oxygen atoms in total. The summed E-state index contributed by atoms with van der Waals surface area (Å²) in [6, 6.07) is 0. The fraction of sp³-hybridized carbons (Fsp3) is 0.933. The van der Waals surface area contributed by atoms with Crippen LogP contribution in [-0.4, -0.2) is 49.3 Å². The largest absolute Gasteiger partial charge is 0.466 e. The molecule has 0 bridgehead atoms. The van der Waals surface area contributed by atoms with Crippen molar-refractivity contribution in [2.24, 2.45) is 0 Å². The molecule has 0 atom stereocenters. The fourth-order valence-electron chi connectivity index (χ4n) is 3.49. The van der Waals surface area contributed by atoms with Gasteiger partial charge in [0.15, 0.2) is 0 Å². The Morgan fingerprint density at radius 2 is 1.84 bits per heavy atom. The first-order valence-corrected chi connectivity index (χ1v) is 7.63. The molecule has 2 rings (SSSR count). The summed E-state index contributed by atoms with van der Waals surface area (Å²) in [5.41, 5.74) is 0.0112. The van der Waals surface area contributed by atoms with E-state index in [2.05, 4.69) is 4.90 Å². The Morgan fingerprint density at radius 1 is 1.21 bits per heavy atom. The maximum Gasteiger partial charge on any atom is 0.307 e. The highest BCUT2D eigenvalue weighted by Gasteiger charge is 2.50. The first-order chi connectivity index (χ1) is 9.20. The van der Waals surface area contributed by atoms with Gasteiger partial charge in [0, 0.05) is 12.6 Å². The third kappa shape index (κ3) is 3.48. The van der Waals surface area contributed by atoms with Crippen molar-refractivity contribution in [2.75, 3.05) is 26.8 Å². The standard InChI is InChI=1S/C15H27NO3/c1-3-19-14(17)12-15(10-13(11-15)18-2)16-8-6-4-5-7-9-16/h13H,3-12H2,1-2H3. The Labute approximate surface area is 116 Å². The SMILES string of the molecule is CCOC(=O)CC1(N2CCCCCC2)CC(OC)C1. The maximum atomic E-state index is 11.9. The van der Waals surface area contributed by atoms with Crippen LogP contribution in [0.1, 0.15) is 51.9 Å². The number of likely N-dealkylation sites (tertiary alicyclic amines) is 1. The first kappa shape index (κ1) is 14.8. The zero-order valence-electron chi connectivity index (χ0n) is 12.3. The Balaban J connectivity index is 2.00. The molecule has 0 aromatic rings. The highest BCUT2D eigenvalue weighted by Crippen LogP contribution is 2.43. The van der Waals surface area contributed by atoms with Crippen LogP contribution in [0, 0.1) is 0 Å². The minimum atomic E-state index is -0.0544. The van der Waals surface area contributed by atoms with Gasteiger partial charge in [0.05, 0.1) is 19.1 Å². The van der Waals surface area contributed by atoms with Gasteiger partial charge in [-0.1, -0.05) is 12.8 Å². The molecule has 0 unspecified atom stereocenters. The second-order valence-electron chi connectivity index (χ2n) is 5.87. The van der Waals surface area contributed by atoms with Crippen molar-refractivity contribution in [1.29, 1.82) is 0 Å². The van der Waals surface area contributed by atoms with Crippen LogP contribution in [0.4, 0.5) is 0 Å². The molecule has 110 valence electrons. The molecule has 2 aliphatic rings. The van der Waals surface area contributed by atoms with E-state index in [9.17, 15) is 4.79 Å². The van der Waals surface area contributed by atoms with Gasteiger partial charge < -0.3 is 9.47 Å². The van der Waals surface area contributed by atoms with Crippen molar-refractivity contribution in [3.8, 4) is 0 Å². The van der Waals surface area contributed by atoms with Crippen molar-refractivity contribution in [3.63, 3.8) is 0 Å². The number of hydrogen-bond acceptors (Lipinski definition) is 4. The van der Waals surface area contributed by atoms with Gasteiger partial charge in [-0.05, 0) is 45.7 Å². The van der Waals surface area contributed by atoms with Crippen molar-refractivity contribution in [1.82, 2.24) is 4.90 Å². The average molecular weight is 269 g/mol. The predicted molar refractivity (Wildman–Crippen MR) is 74.1 cm³/mol. The Hall–Kier alpha value is -0.610. The number of carbonyl (C=O) groups excluding carboxylic acids is 1. The molecule has 1 aliphatic heterocycles. The normalized spacial score (nSPS) is 32.4. The lowest BCUT2D eigenvalue weighted by atomic mass is 9.70. The second kappa shape index (κ2) is 6.71. The molecule has 2 fully saturated rings. The lowest BCUT2D eigenvalue weighted by Crippen LogP contribution is -2.61. The Morgan fingerprint density at radius 3 is 2.37 bits per heavy atom. The lowest BCUT2D eigenvalue weighted by Gasteiger charge is -2.53. The quantitative estimate of drug-likeness (QED) is 0.718. The topological polar surface area (TPSA) is 38.8 Å². The number of ether oxygens (including phenoxy) is 2. The van der Waals surface area contributed by atoms with Crippen LogP contribution in [0.5, 0.6) is 0 Å². The first-order valence-electron chi connectivity index (χ1n) is 7.63. The van der Waals surface area contributed by atoms with Crippen molar-refractivity contribution < 1.29 is 14.3 Å². The van der Waals surface area contributed by atoms with Crippen molar-refractivity contribution >= 4 is 5.97 Å². The van der Waals surface area contributed by atoms with Gasteiger partial charge in [-0.25, -0.2) is 0 Å². The summed E-state index contributed by atoms with van der Waals surface area (Å²) in [5.74, 6) is -0.0544. The van der Waals surface area contributed by atoms with E-state index >= 15 is 0 Å². The Kier molecular flexibility index (Phi) is 5.22. The zero-order chi connectivity index (χ0) is 13.7. The van der Waals surface area contributed by atoms with Gasteiger partial charge in [-0.15, -0.1) is 0 Å². The van der Waals surface area contributed by atoms with Gasteiger partial charge in [0.1, 0.15) is 0 Å². The summed E-state index contributed by atoms with van der Waals surface area (Å²) in [7, 11) is 1.77. The van der Waals surface area contributed by atoms with Crippen molar-refractivity contribution in [2.45, 2.75) is 63.5 Å².